The number of hydrogen-bond acceptors (Lipinski definition) is 8. The van der Waals surface area contributed by atoms with Crippen LogP contribution in [0.4, 0.5) is 4.79 Å². The van der Waals surface area contributed by atoms with Crippen molar-refractivity contribution < 1.29 is 55.1 Å². The number of aliphatic hydroxyl groups excluding tert-OH is 3. The Kier molecular flexibility index (Phi) is 28.3. The van der Waals surface area contributed by atoms with Gasteiger partial charge in [-0.25, -0.2) is 4.79 Å². The zero-order valence-electron chi connectivity index (χ0n) is 23.6. The molecule has 4 N–H and O–H groups in total. The summed E-state index contributed by atoms with van der Waals surface area (Å²) < 4.78 is 10.1. The van der Waals surface area contributed by atoms with E-state index in [1.54, 1.807) is 34.0 Å². The SMILES string of the molecule is CC.CN(CCc1ccccn1)C(=O)OCC(C)(C)C(C)(C)O.CO.OC1COCC(O)C1.[CH2-]C.[Pd]. The van der Waals surface area contributed by atoms with E-state index in [0.29, 0.717) is 32.6 Å². The summed E-state index contributed by atoms with van der Waals surface area (Å²) in [6, 6.07) is 5.71. The minimum Gasteiger partial charge on any atom is -0.449 e. The smallest absolute Gasteiger partial charge is 0.409 e. The summed E-state index contributed by atoms with van der Waals surface area (Å²) in [4.78, 5) is 17.7. The number of rotatable bonds is 6. The van der Waals surface area contributed by atoms with E-state index < -0.39 is 23.2 Å². The summed E-state index contributed by atoms with van der Waals surface area (Å²) >= 11 is 0. The van der Waals surface area contributed by atoms with Crippen molar-refractivity contribution in [2.75, 3.05) is 40.5 Å². The molecule has 2 rings (SSSR count). The zero-order chi connectivity index (χ0) is 28.1. The topological polar surface area (TPSA) is 133 Å². The van der Waals surface area contributed by atoms with Crippen molar-refractivity contribution in [1.82, 2.24) is 9.88 Å². The van der Waals surface area contributed by atoms with E-state index in [2.05, 4.69) is 11.9 Å². The van der Waals surface area contributed by atoms with Gasteiger partial charge in [-0.05, 0) is 26.0 Å². The van der Waals surface area contributed by atoms with Gasteiger partial charge in [-0.3, -0.25) is 4.98 Å². The van der Waals surface area contributed by atoms with Crippen LogP contribution in [0.3, 0.4) is 0 Å². The molecule has 0 radical (unpaired) electrons. The number of amides is 1. The van der Waals surface area contributed by atoms with E-state index in [1.165, 1.54) is 4.90 Å². The van der Waals surface area contributed by atoms with Crippen LogP contribution in [0, 0.1) is 12.3 Å². The Hall–Kier alpha value is -1.12. The molecule has 1 aliphatic heterocycles. The number of likely N-dealkylation sites (N-methyl/N-ethyl adjacent to an activating group) is 1. The summed E-state index contributed by atoms with van der Waals surface area (Å²) in [6.45, 7) is 17.6. The Bertz CT molecular complexity index is 606. The van der Waals surface area contributed by atoms with Crippen LogP contribution in [0.2, 0.25) is 0 Å². The Morgan fingerprint density at radius 2 is 1.64 bits per heavy atom. The number of carbonyl (C=O) groups excluding carboxylic acids is 1. The summed E-state index contributed by atoms with van der Waals surface area (Å²) in [5.74, 6) is 0. The van der Waals surface area contributed by atoms with E-state index in [9.17, 15) is 9.90 Å². The molecule has 9 nitrogen and oxygen atoms in total. The first-order valence-corrected chi connectivity index (χ1v) is 12.0. The Labute approximate surface area is 232 Å². The summed E-state index contributed by atoms with van der Waals surface area (Å²) in [5, 5.41) is 34.6. The van der Waals surface area contributed by atoms with Crippen molar-refractivity contribution in [2.24, 2.45) is 5.41 Å². The van der Waals surface area contributed by atoms with Crippen LogP contribution >= 0.6 is 0 Å². The van der Waals surface area contributed by atoms with Crippen molar-refractivity contribution in [3.8, 4) is 0 Å². The van der Waals surface area contributed by atoms with Gasteiger partial charge >= 0.3 is 6.09 Å². The summed E-state index contributed by atoms with van der Waals surface area (Å²) in [7, 11) is 2.70. The van der Waals surface area contributed by atoms with Crippen LogP contribution in [0.5, 0.6) is 0 Å². The predicted octanol–water partition coefficient (Wildman–Crippen LogP) is 3.09. The van der Waals surface area contributed by atoms with Gasteiger partial charge in [0.1, 0.15) is 6.61 Å². The molecule has 1 aliphatic rings. The molecule has 2 unspecified atom stereocenters. The third-order valence-corrected chi connectivity index (χ3v) is 5.12. The molecule has 2 atom stereocenters. The molecular weight excluding hydrogens is 559 g/mol. The molecule has 2 heterocycles. The van der Waals surface area contributed by atoms with E-state index in [0.717, 1.165) is 12.8 Å². The third kappa shape index (κ3) is 20.0. The van der Waals surface area contributed by atoms with Crippen LogP contribution in [-0.2, 0) is 36.3 Å². The second kappa shape index (κ2) is 24.2. The van der Waals surface area contributed by atoms with E-state index in [1.807, 2.05) is 45.9 Å². The van der Waals surface area contributed by atoms with Crippen molar-refractivity contribution in [3.63, 3.8) is 0 Å². The van der Waals surface area contributed by atoms with Gasteiger partial charge in [0.05, 0.1) is 31.0 Å². The molecule has 1 aromatic rings. The van der Waals surface area contributed by atoms with Crippen molar-refractivity contribution >= 4 is 6.09 Å². The van der Waals surface area contributed by atoms with Crippen molar-refractivity contribution in [3.05, 3.63) is 37.0 Å². The molecular formula is C26H51N2O7Pd-. The quantitative estimate of drug-likeness (QED) is 0.286. The fourth-order valence-electron chi connectivity index (χ4n) is 2.24. The Morgan fingerprint density at radius 1 is 1.14 bits per heavy atom. The fraction of sp³-hybridized carbons (Fsp3) is 0.731. The van der Waals surface area contributed by atoms with Gasteiger partial charge < -0.3 is 41.7 Å². The molecule has 1 fully saturated rings. The van der Waals surface area contributed by atoms with Gasteiger partial charge in [-0.15, -0.1) is 0 Å². The number of nitrogens with zero attached hydrogens (tertiary/aromatic N) is 2. The Morgan fingerprint density at radius 3 is 2.00 bits per heavy atom. The first-order valence-electron chi connectivity index (χ1n) is 12.0. The van der Waals surface area contributed by atoms with Gasteiger partial charge in [-0.1, -0.05) is 33.8 Å². The average Bonchev–Trinajstić information content (AvgIpc) is 2.85. The molecule has 10 heteroatoms. The third-order valence-electron chi connectivity index (χ3n) is 5.12. The first kappa shape index (κ1) is 42.0. The van der Waals surface area contributed by atoms with Gasteiger partial charge in [0.15, 0.2) is 0 Å². The fourth-order valence-corrected chi connectivity index (χ4v) is 2.24. The molecule has 0 saturated carbocycles. The monoisotopic (exact) mass is 609 g/mol. The largest absolute Gasteiger partial charge is 0.449 e. The molecule has 36 heavy (non-hydrogen) atoms. The van der Waals surface area contributed by atoms with Crippen molar-refractivity contribution in [2.45, 2.75) is 79.1 Å². The van der Waals surface area contributed by atoms with Gasteiger partial charge in [-0.2, -0.15) is 6.92 Å². The molecule has 1 saturated heterocycles. The normalized spacial score (nSPS) is 16.4. The minimum absolute atomic E-state index is 0. The van der Waals surface area contributed by atoms with E-state index >= 15 is 0 Å². The average molecular weight is 610 g/mol. The first-order chi connectivity index (χ1) is 16.4. The minimum atomic E-state index is -0.917. The molecule has 1 amide bonds. The standard InChI is InChI=1S/C16H26N2O3.C5H10O3.C2H6.C2H5.CH4O.Pd/c1-15(2,16(3,4)20)12-21-14(19)18(5)11-9-13-8-6-7-10-17-13;6-4-1-5(7)3-8-2-4;3*1-2;/h6-8,10,20H,9,11-12H2,1-5H3;4-7H,1-3H2;1-2H3;1H2,2H3;2H,1H3;/q;;;-1;;. The zero-order valence-corrected chi connectivity index (χ0v) is 25.2. The predicted molar refractivity (Wildman–Crippen MR) is 140 cm³/mol. The second-order valence-electron chi connectivity index (χ2n) is 8.57. The summed E-state index contributed by atoms with van der Waals surface area (Å²) in [5.41, 5.74) is -0.487. The van der Waals surface area contributed by atoms with Crippen LogP contribution in [0.25, 0.3) is 0 Å². The maximum absolute atomic E-state index is 11.9. The van der Waals surface area contributed by atoms with Crippen LogP contribution in [-0.4, -0.2) is 94.7 Å². The second-order valence-corrected chi connectivity index (χ2v) is 8.57. The van der Waals surface area contributed by atoms with E-state index in [4.69, 9.17) is 24.8 Å². The Balaban J connectivity index is -0.000000284. The van der Waals surface area contributed by atoms with Gasteiger partial charge in [0, 0.05) is 71.3 Å². The number of pyridine rings is 1. The number of aromatic nitrogens is 1. The number of carbonyl (C=O) groups is 1. The molecule has 1 aromatic heterocycles. The molecule has 0 spiro atoms. The van der Waals surface area contributed by atoms with Gasteiger partial charge in [0.2, 0.25) is 0 Å². The maximum Gasteiger partial charge on any atom is 0.409 e. The summed E-state index contributed by atoms with van der Waals surface area (Å²) in [6.07, 6.45) is 1.57. The van der Waals surface area contributed by atoms with Crippen LogP contribution in [0.1, 0.15) is 60.6 Å². The molecule has 0 bridgehead atoms. The molecule has 0 aromatic carbocycles. The maximum atomic E-state index is 11.9. The van der Waals surface area contributed by atoms with E-state index in [-0.39, 0.29) is 33.1 Å². The van der Waals surface area contributed by atoms with Crippen molar-refractivity contribution in [1.29, 1.82) is 0 Å². The number of aliphatic hydroxyl groups is 4. The molecule has 218 valence electrons. The van der Waals surface area contributed by atoms with Crippen LogP contribution < -0.4 is 0 Å². The van der Waals surface area contributed by atoms with Gasteiger partial charge in [0.25, 0.3) is 0 Å². The number of hydrogen-bond donors (Lipinski definition) is 4. The van der Waals surface area contributed by atoms with Crippen LogP contribution in [0.15, 0.2) is 24.4 Å². The number of ether oxygens (including phenoxy) is 2. The molecule has 0 aliphatic carbocycles.